The number of hydrogen-bond acceptors (Lipinski definition) is 5. The van der Waals surface area contributed by atoms with Crippen LogP contribution in [0.25, 0.3) is 0 Å². The molecule has 0 saturated heterocycles. The van der Waals surface area contributed by atoms with Crippen LogP contribution < -0.4 is 11.0 Å². The van der Waals surface area contributed by atoms with E-state index in [0.29, 0.717) is 18.3 Å². The van der Waals surface area contributed by atoms with Gasteiger partial charge in [0.05, 0.1) is 12.8 Å². The summed E-state index contributed by atoms with van der Waals surface area (Å²) in [5.41, 5.74) is 0.980. The van der Waals surface area contributed by atoms with Crippen molar-refractivity contribution in [2.45, 2.75) is 46.0 Å². The normalized spacial score (nSPS) is 13.0. The summed E-state index contributed by atoms with van der Waals surface area (Å²) in [5, 5.41) is 3.24. The summed E-state index contributed by atoms with van der Waals surface area (Å²) in [7, 11) is 0. The van der Waals surface area contributed by atoms with Crippen molar-refractivity contribution < 1.29 is 9.53 Å². The average molecular weight is 371 g/mol. The molecular formula is C21H29N3O3. The number of aromatic nitrogens is 2. The maximum atomic E-state index is 12.1. The van der Waals surface area contributed by atoms with Crippen molar-refractivity contribution in [3.8, 4) is 0 Å². The number of carbonyl (C=O) groups excluding carboxylic acids is 1. The van der Waals surface area contributed by atoms with Crippen LogP contribution in [0.1, 0.15) is 61.9 Å². The summed E-state index contributed by atoms with van der Waals surface area (Å²) >= 11 is 0. The predicted molar refractivity (Wildman–Crippen MR) is 107 cm³/mol. The first kappa shape index (κ1) is 20.7. The molecule has 0 spiro atoms. The molecule has 2 N–H and O–H groups in total. The van der Waals surface area contributed by atoms with Crippen molar-refractivity contribution in [1.29, 1.82) is 0 Å². The minimum Gasteiger partial charge on any atom is -0.462 e. The Balaban J connectivity index is 2.20. The molecule has 0 radical (unpaired) electrons. The van der Waals surface area contributed by atoms with Gasteiger partial charge in [-0.1, -0.05) is 57.0 Å². The summed E-state index contributed by atoms with van der Waals surface area (Å²) in [5.74, 6) is 0.708. The Bertz CT molecular complexity index is 774. The summed E-state index contributed by atoms with van der Waals surface area (Å²) < 4.78 is 5.06. The molecule has 0 aliphatic heterocycles. The van der Waals surface area contributed by atoms with E-state index in [1.807, 2.05) is 18.2 Å². The Morgan fingerprint density at radius 1 is 1.26 bits per heavy atom. The van der Waals surface area contributed by atoms with Crippen molar-refractivity contribution >= 4 is 11.8 Å². The first-order valence-corrected chi connectivity index (χ1v) is 9.60. The molecule has 0 aliphatic carbocycles. The summed E-state index contributed by atoms with van der Waals surface area (Å²) in [4.78, 5) is 30.0. The molecule has 0 amide bonds. The molecule has 6 heteroatoms. The summed E-state index contributed by atoms with van der Waals surface area (Å²) in [6, 6.07) is 10.3. The molecule has 2 aromatic rings. The lowest BCUT2D eigenvalue weighted by molar-refractivity contribution is 0.0526. The number of nitrogens with one attached hydrogen (secondary N) is 2. The molecule has 1 aromatic heterocycles. The van der Waals surface area contributed by atoms with Crippen LogP contribution in [0.4, 0.5) is 5.82 Å². The molecule has 2 rings (SSSR count). The van der Waals surface area contributed by atoms with E-state index in [9.17, 15) is 9.59 Å². The van der Waals surface area contributed by atoms with Crippen LogP contribution >= 0.6 is 0 Å². The standard InChI is InChI=1S/C21H29N3O3/c1-4-9-15(3)12-17(16-10-7-6-8-11-16)13-22-19-18(20(25)27-5-2)14-23-21(26)24-19/h6-8,10-11,14-15,17H,4-5,9,12-13H2,1-3H3,(H2,22,23,24,26). The van der Waals surface area contributed by atoms with E-state index in [1.165, 1.54) is 18.2 Å². The van der Waals surface area contributed by atoms with Gasteiger partial charge in [0, 0.05) is 12.5 Å². The van der Waals surface area contributed by atoms with Gasteiger partial charge in [-0.2, -0.15) is 0 Å². The van der Waals surface area contributed by atoms with E-state index >= 15 is 0 Å². The molecule has 146 valence electrons. The number of hydrogen-bond donors (Lipinski definition) is 2. The van der Waals surface area contributed by atoms with Gasteiger partial charge in [-0.15, -0.1) is 0 Å². The first-order chi connectivity index (χ1) is 13.0. The van der Waals surface area contributed by atoms with Gasteiger partial charge in [0.25, 0.3) is 0 Å². The fourth-order valence-corrected chi connectivity index (χ4v) is 3.28. The zero-order valence-corrected chi connectivity index (χ0v) is 16.3. The van der Waals surface area contributed by atoms with Crippen LogP contribution in [0, 0.1) is 5.92 Å². The summed E-state index contributed by atoms with van der Waals surface area (Å²) in [6.45, 7) is 7.06. The van der Waals surface area contributed by atoms with E-state index in [2.05, 4.69) is 41.3 Å². The van der Waals surface area contributed by atoms with Crippen molar-refractivity contribution in [2.24, 2.45) is 5.92 Å². The van der Waals surface area contributed by atoms with Crippen LogP contribution in [0.15, 0.2) is 41.3 Å². The average Bonchev–Trinajstić information content (AvgIpc) is 2.66. The second-order valence-corrected chi connectivity index (χ2v) is 6.82. The van der Waals surface area contributed by atoms with E-state index < -0.39 is 11.7 Å². The van der Waals surface area contributed by atoms with Gasteiger partial charge in [0.1, 0.15) is 11.4 Å². The van der Waals surface area contributed by atoms with Crippen molar-refractivity contribution in [3.63, 3.8) is 0 Å². The quantitative estimate of drug-likeness (QED) is 0.618. The van der Waals surface area contributed by atoms with E-state index in [-0.39, 0.29) is 18.1 Å². The molecule has 2 atom stereocenters. The molecule has 6 nitrogen and oxygen atoms in total. The van der Waals surface area contributed by atoms with Crippen LogP contribution in [-0.2, 0) is 4.74 Å². The van der Waals surface area contributed by atoms with E-state index in [1.54, 1.807) is 6.92 Å². The van der Waals surface area contributed by atoms with Gasteiger partial charge in [0.2, 0.25) is 0 Å². The van der Waals surface area contributed by atoms with Gasteiger partial charge < -0.3 is 10.1 Å². The second kappa shape index (κ2) is 10.5. The number of carbonyl (C=O) groups is 1. The number of H-pyrrole nitrogens is 1. The Morgan fingerprint density at radius 2 is 2.00 bits per heavy atom. The largest absolute Gasteiger partial charge is 0.462 e. The monoisotopic (exact) mass is 371 g/mol. The van der Waals surface area contributed by atoms with Crippen molar-refractivity contribution in [3.05, 3.63) is 58.1 Å². The van der Waals surface area contributed by atoms with Crippen LogP contribution in [-0.4, -0.2) is 29.1 Å². The Labute approximate surface area is 160 Å². The van der Waals surface area contributed by atoms with E-state index in [0.717, 1.165) is 12.8 Å². The lowest BCUT2D eigenvalue weighted by atomic mass is 9.87. The highest BCUT2D eigenvalue weighted by Gasteiger charge is 2.18. The number of anilines is 1. The molecule has 0 bridgehead atoms. The third-order valence-corrected chi connectivity index (χ3v) is 4.57. The van der Waals surface area contributed by atoms with Gasteiger partial charge >= 0.3 is 11.7 Å². The third kappa shape index (κ3) is 6.24. The maximum absolute atomic E-state index is 12.1. The highest BCUT2D eigenvalue weighted by molar-refractivity contribution is 5.94. The van der Waals surface area contributed by atoms with Crippen LogP contribution in [0.2, 0.25) is 0 Å². The predicted octanol–water partition coefficient (Wildman–Crippen LogP) is 3.97. The van der Waals surface area contributed by atoms with Gasteiger partial charge in [-0.05, 0) is 24.8 Å². The Morgan fingerprint density at radius 3 is 2.67 bits per heavy atom. The maximum Gasteiger partial charge on any atom is 0.346 e. The first-order valence-electron chi connectivity index (χ1n) is 9.60. The van der Waals surface area contributed by atoms with Gasteiger partial charge in [0.15, 0.2) is 0 Å². The van der Waals surface area contributed by atoms with Crippen molar-refractivity contribution in [1.82, 2.24) is 9.97 Å². The van der Waals surface area contributed by atoms with Crippen LogP contribution in [0.5, 0.6) is 0 Å². The fraction of sp³-hybridized carbons (Fsp3) is 0.476. The fourth-order valence-electron chi connectivity index (χ4n) is 3.28. The lowest BCUT2D eigenvalue weighted by Crippen LogP contribution is -2.22. The zero-order valence-electron chi connectivity index (χ0n) is 16.3. The molecule has 0 fully saturated rings. The molecule has 2 unspecified atom stereocenters. The number of nitrogens with zero attached hydrogens (tertiary/aromatic N) is 1. The molecule has 27 heavy (non-hydrogen) atoms. The van der Waals surface area contributed by atoms with Gasteiger partial charge in [-0.25, -0.2) is 14.6 Å². The number of benzene rings is 1. The van der Waals surface area contributed by atoms with Gasteiger partial charge in [-0.3, -0.25) is 4.98 Å². The minimum atomic E-state index is -0.501. The lowest BCUT2D eigenvalue weighted by Gasteiger charge is -2.22. The highest BCUT2D eigenvalue weighted by Crippen LogP contribution is 2.26. The SMILES string of the molecule is CCCC(C)CC(CNc1[nH]c(=O)ncc1C(=O)OCC)c1ccccc1. The molecule has 1 aromatic carbocycles. The highest BCUT2D eigenvalue weighted by atomic mass is 16.5. The smallest absolute Gasteiger partial charge is 0.346 e. The molecule has 0 saturated carbocycles. The minimum absolute atomic E-state index is 0.241. The second-order valence-electron chi connectivity index (χ2n) is 6.82. The topological polar surface area (TPSA) is 84.1 Å². The Kier molecular flexibility index (Phi) is 8.04. The Hall–Kier alpha value is -2.63. The molecule has 1 heterocycles. The molecular weight excluding hydrogens is 342 g/mol. The zero-order chi connectivity index (χ0) is 19.6. The van der Waals surface area contributed by atoms with Crippen LogP contribution in [0.3, 0.4) is 0 Å². The number of ether oxygens (including phenoxy) is 1. The number of aromatic amines is 1. The number of rotatable bonds is 10. The van der Waals surface area contributed by atoms with E-state index in [4.69, 9.17) is 4.74 Å². The van der Waals surface area contributed by atoms with Crippen molar-refractivity contribution in [2.75, 3.05) is 18.5 Å². The summed E-state index contributed by atoms with van der Waals surface area (Å²) in [6.07, 6.45) is 4.61. The molecule has 0 aliphatic rings. The number of esters is 1. The third-order valence-electron chi connectivity index (χ3n) is 4.57.